The van der Waals surface area contributed by atoms with Crippen LogP contribution in [0.5, 0.6) is 11.5 Å². The summed E-state index contributed by atoms with van der Waals surface area (Å²) in [7, 11) is 0. The Hall–Kier alpha value is -2.05. The van der Waals surface area contributed by atoms with Gasteiger partial charge in [0.05, 0.1) is 5.69 Å². The zero-order valence-corrected chi connectivity index (χ0v) is 13.9. The number of rotatable bonds is 4. The van der Waals surface area contributed by atoms with Crippen LogP contribution in [0.3, 0.4) is 0 Å². The number of halogens is 1. The van der Waals surface area contributed by atoms with Crippen LogP contribution in [0.15, 0.2) is 47.4 Å². The third-order valence-corrected chi connectivity index (χ3v) is 5.71. The molecule has 3 rings (SSSR count). The van der Waals surface area contributed by atoms with E-state index in [0.29, 0.717) is 0 Å². The Bertz CT molecular complexity index is 831. The van der Waals surface area contributed by atoms with Crippen LogP contribution in [0.1, 0.15) is 10.6 Å². The normalized spacial score (nSPS) is 10.9. The zero-order valence-electron chi connectivity index (χ0n) is 12.3. The first-order valence-electron chi connectivity index (χ1n) is 6.90. The van der Waals surface area contributed by atoms with Gasteiger partial charge in [0.15, 0.2) is 11.5 Å². The fraction of sp³-hybridized carbons (Fsp3) is 0.118. The van der Waals surface area contributed by atoms with Crippen molar-refractivity contribution in [3.8, 4) is 22.1 Å². The Labute approximate surface area is 141 Å². The van der Waals surface area contributed by atoms with Crippen molar-refractivity contribution in [3.63, 3.8) is 0 Å². The molecule has 23 heavy (non-hydrogen) atoms. The Kier molecular flexibility index (Phi) is 4.54. The fourth-order valence-electron chi connectivity index (χ4n) is 2.02. The molecule has 0 aliphatic heterocycles. The van der Waals surface area contributed by atoms with Gasteiger partial charge in [-0.25, -0.2) is 9.37 Å². The molecule has 0 aliphatic rings. The molecule has 1 aromatic heterocycles. The Morgan fingerprint density at radius 2 is 1.83 bits per heavy atom. The molecule has 0 amide bonds. The van der Waals surface area contributed by atoms with E-state index in [1.807, 2.05) is 6.92 Å². The Balaban J connectivity index is 1.76. The molecule has 2 aromatic carbocycles. The van der Waals surface area contributed by atoms with Crippen LogP contribution in [-0.2, 0) is 5.75 Å². The third-order valence-electron chi connectivity index (χ3n) is 3.30. The number of nitrogens with zero attached hydrogens (tertiary/aromatic N) is 1. The van der Waals surface area contributed by atoms with Gasteiger partial charge in [0, 0.05) is 21.1 Å². The molecule has 0 saturated heterocycles. The first kappa shape index (κ1) is 15.8. The summed E-state index contributed by atoms with van der Waals surface area (Å²) in [6.07, 6.45) is 0. The summed E-state index contributed by atoms with van der Waals surface area (Å²) >= 11 is 3.14. The maximum absolute atomic E-state index is 13.0. The van der Waals surface area contributed by atoms with Crippen molar-refractivity contribution < 1.29 is 14.6 Å². The molecule has 0 radical (unpaired) electrons. The zero-order chi connectivity index (χ0) is 16.4. The summed E-state index contributed by atoms with van der Waals surface area (Å²) in [4.78, 5) is 6.55. The molecular formula is C17H14FNO2S2. The number of thioether (sulfide) groups is 1. The molecule has 0 atom stereocenters. The summed E-state index contributed by atoms with van der Waals surface area (Å²) in [5, 5.41) is 19.7. The first-order chi connectivity index (χ1) is 11.0. The van der Waals surface area contributed by atoms with E-state index < -0.39 is 0 Å². The lowest BCUT2D eigenvalue weighted by Crippen LogP contribution is -1.81. The fourth-order valence-corrected chi connectivity index (χ4v) is 4.16. The van der Waals surface area contributed by atoms with Crippen LogP contribution in [0.4, 0.5) is 4.39 Å². The van der Waals surface area contributed by atoms with E-state index in [9.17, 15) is 14.6 Å². The summed E-state index contributed by atoms with van der Waals surface area (Å²) in [5.41, 5.74) is 1.85. The van der Waals surface area contributed by atoms with Crippen molar-refractivity contribution in [2.75, 3.05) is 0 Å². The molecular weight excluding hydrogens is 333 g/mol. The lowest BCUT2D eigenvalue weighted by Gasteiger charge is -2.02. The van der Waals surface area contributed by atoms with E-state index in [2.05, 4.69) is 4.98 Å². The lowest BCUT2D eigenvalue weighted by molar-refractivity contribution is 0.402. The molecule has 0 aliphatic carbocycles. The minimum atomic E-state index is -0.259. The van der Waals surface area contributed by atoms with Crippen LogP contribution in [0.25, 0.3) is 10.6 Å². The molecule has 1 heterocycles. The number of aromatic hydroxyl groups is 2. The number of aromatic nitrogens is 1. The van der Waals surface area contributed by atoms with Crippen molar-refractivity contribution in [2.24, 2.45) is 0 Å². The van der Waals surface area contributed by atoms with Gasteiger partial charge in [0.2, 0.25) is 0 Å². The number of hydrogen-bond donors (Lipinski definition) is 2. The number of thiazole rings is 1. The quantitative estimate of drug-likeness (QED) is 0.517. The molecule has 0 saturated carbocycles. The van der Waals surface area contributed by atoms with Crippen molar-refractivity contribution in [1.82, 2.24) is 4.98 Å². The highest BCUT2D eigenvalue weighted by Crippen LogP contribution is 2.35. The summed E-state index contributed by atoms with van der Waals surface area (Å²) < 4.78 is 13.0. The third kappa shape index (κ3) is 3.65. The van der Waals surface area contributed by atoms with Crippen LogP contribution in [0.2, 0.25) is 0 Å². The number of aryl methyl sites for hydroxylation is 1. The molecule has 3 nitrogen and oxygen atoms in total. The van der Waals surface area contributed by atoms with Crippen molar-refractivity contribution in [1.29, 1.82) is 0 Å². The number of benzene rings is 2. The molecule has 6 heteroatoms. The van der Waals surface area contributed by atoms with Crippen LogP contribution < -0.4 is 0 Å². The molecule has 2 N–H and O–H groups in total. The first-order valence-corrected chi connectivity index (χ1v) is 8.70. The second-order valence-corrected chi connectivity index (χ2v) is 7.11. The maximum Gasteiger partial charge on any atom is 0.158 e. The van der Waals surface area contributed by atoms with Gasteiger partial charge in [-0.15, -0.1) is 23.1 Å². The van der Waals surface area contributed by atoms with Crippen LogP contribution in [0, 0.1) is 12.7 Å². The lowest BCUT2D eigenvalue weighted by atomic mass is 10.2. The van der Waals surface area contributed by atoms with Gasteiger partial charge < -0.3 is 10.2 Å². The standard InChI is InChI=1S/C17H14FNO2S2/c1-10-16(9-22-13-6-7-14(20)15(21)8-13)23-17(19-10)11-2-4-12(18)5-3-11/h2-8,20-21H,9H2,1H3. The van der Waals surface area contributed by atoms with E-state index in [4.69, 9.17) is 0 Å². The van der Waals surface area contributed by atoms with Gasteiger partial charge in [-0.2, -0.15) is 0 Å². The number of phenolic OH excluding ortho intramolecular Hbond substituents is 2. The Morgan fingerprint density at radius 3 is 2.52 bits per heavy atom. The second kappa shape index (κ2) is 6.60. The van der Waals surface area contributed by atoms with E-state index in [1.165, 1.54) is 24.3 Å². The van der Waals surface area contributed by atoms with Gasteiger partial charge in [-0.1, -0.05) is 0 Å². The molecule has 3 aromatic rings. The summed E-state index contributed by atoms with van der Waals surface area (Å²) in [5.74, 6) is 0.212. The topological polar surface area (TPSA) is 53.4 Å². The predicted octanol–water partition coefficient (Wildman–Crippen LogP) is 4.96. The van der Waals surface area contributed by atoms with Gasteiger partial charge >= 0.3 is 0 Å². The maximum atomic E-state index is 13.0. The minimum Gasteiger partial charge on any atom is -0.504 e. The number of hydrogen-bond acceptors (Lipinski definition) is 5. The highest BCUT2D eigenvalue weighted by atomic mass is 32.2. The van der Waals surface area contributed by atoms with Crippen molar-refractivity contribution in [2.45, 2.75) is 17.6 Å². The average molecular weight is 347 g/mol. The molecule has 0 spiro atoms. The summed E-state index contributed by atoms with van der Waals surface area (Å²) in [6.45, 7) is 1.95. The highest BCUT2D eigenvalue weighted by molar-refractivity contribution is 7.98. The minimum absolute atomic E-state index is 0.122. The molecule has 0 fully saturated rings. The number of phenols is 2. The molecule has 0 unspecified atom stereocenters. The SMILES string of the molecule is Cc1nc(-c2ccc(F)cc2)sc1CSc1ccc(O)c(O)c1. The highest BCUT2D eigenvalue weighted by Gasteiger charge is 2.10. The predicted molar refractivity (Wildman–Crippen MR) is 91.6 cm³/mol. The van der Waals surface area contributed by atoms with Gasteiger partial charge in [-0.3, -0.25) is 0 Å². The average Bonchev–Trinajstić information content (AvgIpc) is 2.90. The van der Waals surface area contributed by atoms with Crippen LogP contribution in [-0.4, -0.2) is 15.2 Å². The van der Waals surface area contributed by atoms with E-state index >= 15 is 0 Å². The van der Waals surface area contributed by atoms with E-state index in [0.717, 1.165) is 31.8 Å². The largest absolute Gasteiger partial charge is 0.504 e. The van der Waals surface area contributed by atoms with Crippen molar-refractivity contribution >= 4 is 23.1 Å². The second-order valence-electron chi connectivity index (χ2n) is 4.97. The van der Waals surface area contributed by atoms with Gasteiger partial charge in [0.25, 0.3) is 0 Å². The smallest absolute Gasteiger partial charge is 0.158 e. The molecule has 118 valence electrons. The Morgan fingerprint density at radius 1 is 1.09 bits per heavy atom. The van der Waals surface area contributed by atoms with Gasteiger partial charge in [-0.05, 0) is 49.4 Å². The van der Waals surface area contributed by atoms with Crippen LogP contribution >= 0.6 is 23.1 Å². The molecule has 0 bridgehead atoms. The van der Waals surface area contributed by atoms with Gasteiger partial charge in [0.1, 0.15) is 10.8 Å². The van der Waals surface area contributed by atoms with E-state index in [-0.39, 0.29) is 17.3 Å². The monoisotopic (exact) mass is 347 g/mol. The van der Waals surface area contributed by atoms with Crippen molar-refractivity contribution in [3.05, 3.63) is 58.9 Å². The summed E-state index contributed by atoms with van der Waals surface area (Å²) in [6, 6.07) is 11.1. The van der Waals surface area contributed by atoms with E-state index in [1.54, 1.807) is 41.3 Å².